The zero-order valence-corrected chi connectivity index (χ0v) is 17.8. The minimum absolute atomic E-state index is 0.495. The van der Waals surface area contributed by atoms with E-state index in [4.69, 9.17) is 4.74 Å². The first-order valence-electron chi connectivity index (χ1n) is 10.7. The van der Waals surface area contributed by atoms with Crippen LogP contribution in [-0.2, 0) is 0 Å². The number of nitrogens with one attached hydrogen (secondary N) is 1. The third-order valence-electron chi connectivity index (χ3n) is 5.68. The van der Waals surface area contributed by atoms with E-state index in [2.05, 4.69) is 31.2 Å². The van der Waals surface area contributed by atoms with E-state index in [9.17, 15) is 5.11 Å². The molecule has 3 aromatic heterocycles. The largest absolute Gasteiger partial charge is 0.481 e. The molecule has 7 nitrogen and oxygen atoms in total. The van der Waals surface area contributed by atoms with Gasteiger partial charge in [-0.15, -0.1) is 0 Å². The molecule has 1 saturated heterocycles. The number of aliphatic hydroxyl groups excluding tert-OH is 1. The molecular formula is C24H29N5O2. The molecule has 4 heterocycles. The highest BCUT2D eigenvalue weighted by Crippen LogP contribution is 2.25. The molecule has 0 radical (unpaired) electrons. The molecule has 0 saturated carbocycles. The highest BCUT2D eigenvalue weighted by atomic mass is 16.5. The minimum Gasteiger partial charge on any atom is -0.481 e. The summed E-state index contributed by atoms with van der Waals surface area (Å²) < 4.78 is 5.24. The van der Waals surface area contributed by atoms with Crippen molar-refractivity contribution in [2.75, 3.05) is 33.3 Å². The molecule has 0 bridgehead atoms. The number of pyridine rings is 3. The van der Waals surface area contributed by atoms with Crippen LogP contribution in [0.1, 0.15) is 30.2 Å². The van der Waals surface area contributed by atoms with Gasteiger partial charge in [0.2, 0.25) is 5.88 Å². The Hall–Kier alpha value is -2.87. The van der Waals surface area contributed by atoms with Gasteiger partial charge in [0, 0.05) is 43.2 Å². The molecule has 0 aromatic carbocycles. The number of hydrogen-bond acceptors (Lipinski definition) is 7. The van der Waals surface area contributed by atoms with E-state index in [0.717, 1.165) is 49.2 Å². The zero-order chi connectivity index (χ0) is 21.5. The van der Waals surface area contributed by atoms with Gasteiger partial charge in [0.25, 0.3) is 0 Å². The maximum Gasteiger partial charge on any atom is 0.213 e. The van der Waals surface area contributed by atoms with Crippen LogP contribution in [0, 0.1) is 0 Å². The van der Waals surface area contributed by atoms with Gasteiger partial charge in [-0.25, -0.2) is 4.98 Å². The third-order valence-corrected chi connectivity index (χ3v) is 5.68. The quantitative estimate of drug-likeness (QED) is 0.581. The highest BCUT2D eigenvalue weighted by Gasteiger charge is 2.22. The normalized spacial score (nSPS) is 16.7. The van der Waals surface area contributed by atoms with Gasteiger partial charge >= 0.3 is 0 Å². The molecule has 7 heteroatoms. The average molecular weight is 420 g/mol. The number of rotatable bonds is 8. The van der Waals surface area contributed by atoms with Gasteiger partial charge in [0.15, 0.2) is 0 Å². The topological polar surface area (TPSA) is 83.4 Å². The van der Waals surface area contributed by atoms with Crippen molar-refractivity contribution in [2.45, 2.75) is 25.0 Å². The predicted molar refractivity (Wildman–Crippen MR) is 122 cm³/mol. The molecule has 4 rings (SSSR count). The standard InChI is InChI=1S/C24H29N5O2/c1-31-23-8-7-21-24(28-23)20(9-14-27-21)22(30)17-29-15-10-19(11-16-29)26-13-4-6-18-5-2-3-12-25-18/h2-9,12,14,19,22,26,30H,10-11,13,15-17H2,1H3/b6-4+. The molecule has 2 N–H and O–H groups in total. The van der Waals surface area contributed by atoms with Crippen LogP contribution in [-0.4, -0.2) is 64.3 Å². The van der Waals surface area contributed by atoms with Crippen LogP contribution in [0.4, 0.5) is 0 Å². The Morgan fingerprint density at radius 2 is 2.03 bits per heavy atom. The number of piperidine rings is 1. The summed E-state index contributed by atoms with van der Waals surface area (Å²) in [4.78, 5) is 15.5. The van der Waals surface area contributed by atoms with Crippen LogP contribution < -0.4 is 10.1 Å². The van der Waals surface area contributed by atoms with Crippen molar-refractivity contribution < 1.29 is 9.84 Å². The molecule has 31 heavy (non-hydrogen) atoms. The molecule has 0 amide bonds. The van der Waals surface area contributed by atoms with Gasteiger partial charge < -0.3 is 20.1 Å². The van der Waals surface area contributed by atoms with E-state index < -0.39 is 6.10 Å². The number of β-amino-alcohol motifs (C(OH)–C–C–N with tert-alkyl or cyclic N) is 1. The fraction of sp³-hybridized carbons (Fsp3) is 0.375. The SMILES string of the molecule is COc1ccc2nccc(C(O)CN3CCC(NC/C=C/c4ccccn4)CC3)c2n1. The maximum atomic E-state index is 10.9. The van der Waals surface area contributed by atoms with Crippen molar-refractivity contribution in [3.63, 3.8) is 0 Å². The van der Waals surface area contributed by atoms with E-state index in [0.29, 0.717) is 24.0 Å². The Morgan fingerprint density at radius 3 is 2.81 bits per heavy atom. The number of methoxy groups -OCH3 is 1. The predicted octanol–water partition coefficient (Wildman–Crippen LogP) is 2.83. The fourth-order valence-corrected chi connectivity index (χ4v) is 3.96. The second kappa shape index (κ2) is 10.4. The minimum atomic E-state index is -0.615. The van der Waals surface area contributed by atoms with E-state index >= 15 is 0 Å². The molecule has 1 aliphatic heterocycles. The van der Waals surface area contributed by atoms with Crippen LogP contribution in [0.5, 0.6) is 5.88 Å². The highest BCUT2D eigenvalue weighted by molar-refractivity contribution is 5.78. The molecule has 1 unspecified atom stereocenters. The second-order valence-corrected chi connectivity index (χ2v) is 7.78. The van der Waals surface area contributed by atoms with Gasteiger partial charge in [-0.05, 0) is 56.3 Å². The molecular weight excluding hydrogens is 390 g/mol. The van der Waals surface area contributed by atoms with E-state index in [1.807, 2.05) is 36.4 Å². The molecule has 162 valence electrons. The van der Waals surface area contributed by atoms with Gasteiger partial charge in [0.05, 0.1) is 29.9 Å². The lowest BCUT2D eigenvalue weighted by atomic mass is 10.0. The number of likely N-dealkylation sites (tertiary alicyclic amines) is 1. The van der Waals surface area contributed by atoms with Crippen LogP contribution >= 0.6 is 0 Å². The number of fused-ring (bicyclic) bond motifs is 1. The number of aliphatic hydroxyl groups is 1. The fourth-order valence-electron chi connectivity index (χ4n) is 3.96. The van der Waals surface area contributed by atoms with Crippen LogP contribution in [0.15, 0.2) is 54.9 Å². The first kappa shape index (κ1) is 21.4. The summed E-state index contributed by atoms with van der Waals surface area (Å²) in [5, 5.41) is 14.5. The summed E-state index contributed by atoms with van der Waals surface area (Å²) in [5.74, 6) is 0.526. The zero-order valence-electron chi connectivity index (χ0n) is 17.8. The third kappa shape index (κ3) is 5.64. The smallest absolute Gasteiger partial charge is 0.213 e. The summed E-state index contributed by atoms with van der Waals surface area (Å²) in [6.45, 7) is 3.33. The van der Waals surface area contributed by atoms with Gasteiger partial charge in [-0.1, -0.05) is 12.1 Å². The number of hydrogen-bond donors (Lipinski definition) is 2. The Labute approximate surface area is 182 Å². The van der Waals surface area contributed by atoms with E-state index in [1.165, 1.54) is 0 Å². The van der Waals surface area contributed by atoms with Gasteiger partial charge in [0.1, 0.15) is 0 Å². The molecule has 1 aliphatic rings. The van der Waals surface area contributed by atoms with E-state index in [1.54, 1.807) is 25.6 Å². The summed E-state index contributed by atoms with van der Waals surface area (Å²) in [7, 11) is 1.59. The Bertz CT molecular complexity index is 1000. The number of nitrogens with zero attached hydrogens (tertiary/aromatic N) is 4. The number of ether oxygens (including phenoxy) is 1. The van der Waals surface area contributed by atoms with Crippen LogP contribution in [0.3, 0.4) is 0 Å². The Morgan fingerprint density at radius 1 is 1.16 bits per heavy atom. The van der Waals surface area contributed by atoms with Crippen molar-refractivity contribution in [1.29, 1.82) is 0 Å². The Balaban J connectivity index is 1.27. The van der Waals surface area contributed by atoms with Crippen molar-refractivity contribution >= 4 is 17.1 Å². The van der Waals surface area contributed by atoms with Crippen molar-refractivity contribution in [1.82, 2.24) is 25.2 Å². The van der Waals surface area contributed by atoms with Crippen LogP contribution in [0.25, 0.3) is 17.1 Å². The number of aromatic nitrogens is 3. The first-order valence-corrected chi connectivity index (χ1v) is 10.7. The van der Waals surface area contributed by atoms with Crippen molar-refractivity contribution in [3.8, 4) is 5.88 Å². The average Bonchev–Trinajstić information content (AvgIpc) is 2.82. The van der Waals surface area contributed by atoms with Crippen molar-refractivity contribution in [2.24, 2.45) is 0 Å². The van der Waals surface area contributed by atoms with Gasteiger partial charge in [-0.2, -0.15) is 0 Å². The molecule has 0 spiro atoms. The lowest BCUT2D eigenvalue weighted by molar-refractivity contribution is 0.0953. The summed E-state index contributed by atoms with van der Waals surface area (Å²) in [6.07, 6.45) is 9.20. The lowest BCUT2D eigenvalue weighted by Crippen LogP contribution is -2.43. The van der Waals surface area contributed by atoms with Crippen LogP contribution in [0.2, 0.25) is 0 Å². The van der Waals surface area contributed by atoms with Gasteiger partial charge in [-0.3, -0.25) is 9.97 Å². The summed E-state index contributed by atoms with van der Waals surface area (Å²) >= 11 is 0. The summed E-state index contributed by atoms with van der Waals surface area (Å²) in [6, 6.07) is 11.9. The lowest BCUT2D eigenvalue weighted by Gasteiger charge is -2.33. The second-order valence-electron chi connectivity index (χ2n) is 7.78. The molecule has 1 atom stereocenters. The monoisotopic (exact) mass is 419 g/mol. The van der Waals surface area contributed by atoms with E-state index in [-0.39, 0.29) is 0 Å². The molecule has 3 aromatic rings. The Kier molecular flexibility index (Phi) is 7.19. The summed E-state index contributed by atoms with van der Waals surface area (Å²) in [5.41, 5.74) is 3.23. The maximum absolute atomic E-state index is 10.9. The van der Waals surface area contributed by atoms with Crippen molar-refractivity contribution in [3.05, 3.63) is 66.1 Å². The molecule has 0 aliphatic carbocycles. The first-order chi connectivity index (χ1) is 15.2. The molecule has 1 fully saturated rings.